The van der Waals surface area contributed by atoms with E-state index in [1.165, 1.54) is 4.90 Å². The maximum Gasteiger partial charge on any atom is 0.235 e. The number of nitrogens with zero attached hydrogens (tertiary/aromatic N) is 1. The number of hydrogen-bond donors (Lipinski definition) is 2. The maximum atomic E-state index is 11.8. The molecule has 1 saturated heterocycles. The SMILES string of the molecule is CC(O)CNCCN1C(=O)CC(C)(C)C1=O. The van der Waals surface area contributed by atoms with E-state index < -0.39 is 11.5 Å². The predicted octanol–water partition coefficient (Wildman–Crippen LogP) is -0.258. The van der Waals surface area contributed by atoms with Crippen LogP contribution in [0.2, 0.25) is 0 Å². The van der Waals surface area contributed by atoms with Gasteiger partial charge in [0.2, 0.25) is 11.8 Å². The molecule has 0 aromatic rings. The first-order valence-corrected chi connectivity index (χ1v) is 5.58. The number of carbonyl (C=O) groups excluding carboxylic acids is 2. The highest BCUT2D eigenvalue weighted by Crippen LogP contribution is 2.31. The Bertz CT molecular complexity index is 287. The molecule has 1 unspecified atom stereocenters. The van der Waals surface area contributed by atoms with E-state index in [4.69, 9.17) is 5.11 Å². The summed E-state index contributed by atoms with van der Waals surface area (Å²) in [4.78, 5) is 24.7. The molecule has 0 spiro atoms. The highest BCUT2D eigenvalue weighted by Gasteiger charge is 2.44. The van der Waals surface area contributed by atoms with Gasteiger partial charge in [-0.15, -0.1) is 0 Å². The van der Waals surface area contributed by atoms with Gasteiger partial charge in [0.25, 0.3) is 0 Å². The molecule has 92 valence electrons. The number of nitrogens with one attached hydrogen (secondary N) is 1. The molecule has 2 amide bonds. The van der Waals surface area contributed by atoms with Crippen molar-refractivity contribution in [3.05, 3.63) is 0 Å². The highest BCUT2D eigenvalue weighted by atomic mass is 16.3. The van der Waals surface area contributed by atoms with Crippen LogP contribution in [0, 0.1) is 5.41 Å². The number of likely N-dealkylation sites (tertiary alicyclic amines) is 1. The van der Waals surface area contributed by atoms with Gasteiger partial charge in [-0.2, -0.15) is 0 Å². The first-order valence-electron chi connectivity index (χ1n) is 5.58. The van der Waals surface area contributed by atoms with Crippen molar-refractivity contribution >= 4 is 11.8 Å². The van der Waals surface area contributed by atoms with Gasteiger partial charge < -0.3 is 10.4 Å². The van der Waals surface area contributed by atoms with Crippen LogP contribution in [0.4, 0.5) is 0 Å². The first-order chi connectivity index (χ1) is 7.34. The molecule has 1 aliphatic heterocycles. The normalized spacial score (nSPS) is 21.6. The summed E-state index contributed by atoms with van der Waals surface area (Å²) in [5, 5.41) is 12.0. The average molecular weight is 228 g/mol. The Balaban J connectivity index is 2.38. The molecule has 0 aliphatic carbocycles. The number of rotatable bonds is 5. The van der Waals surface area contributed by atoms with E-state index in [1.807, 2.05) is 0 Å². The van der Waals surface area contributed by atoms with Crippen molar-refractivity contribution in [1.29, 1.82) is 0 Å². The number of imide groups is 1. The molecule has 5 nitrogen and oxygen atoms in total. The van der Waals surface area contributed by atoms with Gasteiger partial charge in [0.15, 0.2) is 0 Å². The molecule has 2 N–H and O–H groups in total. The van der Waals surface area contributed by atoms with Crippen molar-refractivity contribution in [2.24, 2.45) is 5.41 Å². The third-order valence-corrected chi connectivity index (χ3v) is 2.67. The van der Waals surface area contributed by atoms with E-state index in [1.54, 1.807) is 20.8 Å². The average Bonchev–Trinajstić information content (AvgIpc) is 2.33. The van der Waals surface area contributed by atoms with Crippen LogP contribution < -0.4 is 5.32 Å². The number of carbonyl (C=O) groups is 2. The highest BCUT2D eigenvalue weighted by molar-refractivity contribution is 6.05. The monoisotopic (exact) mass is 228 g/mol. The third-order valence-electron chi connectivity index (χ3n) is 2.67. The van der Waals surface area contributed by atoms with Crippen LogP contribution in [0.15, 0.2) is 0 Å². The number of hydrogen-bond acceptors (Lipinski definition) is 4. The smallest absolute Gasteiger partial charge is 0.235 e. The van der Waals surface area contributed by atoms with Crippen LogP contribution in [0.1, 0.15) is 27.2 Å². The second-order valence-electron chi connectivity index (χ2n) is 4.96. The van der Waals surface area contributed by atoms with E-state index in [2.05, 4.69) is 5.32 Å². The molecule has 16 heavy (non-hydrogen) atoms. The fourth-order valence-electron chi connectivity index (χ4n) is 1.76. The molecule has 1 rings (SSSR count). The van der Waals surface area contributed by atoms with Gasteiger partial charge in [0.1, 0.15) is 0 Å². The largest absolute Gasteiger partial charge is 0.392 e. The molecule has 0 radical (unpaired) electrons. The van der Waals surface area contributed by atoms with Crippen molar-refractivity contribution in [3.8, 4) is 0 Å². The molecule has 1 fully saturated rings. The molecule has 0 aromatic carbocycles. The van der Waals surface area contributed by atoms with Crippen LogP contribution in [0.5, 0.6) is 0 Å². The minimum atomic E-state index is -0.554. The Morgan fingerprint density at radius 2 is 2.12 bits per heavy atom. The Kier molecular flexibility index (Phi) is 4.04. The maximum absolute atomic E-state index is 11.8. The lowest BCUT2D eigenvalue weighted by Gasteiger charge is -2.18. The fourth-order valence-corrected chi connectivity index (χ4v) is 1.76. The van der Waals surface area contributed by atoms with E-state index in [0.717, 1.165) is 0 Å². The molecule has 0 bridgehead atoms. The Morgan fingerprint density at radius 1 is 1.50 bits per heavy atom. The fraction of sp³-hybridized carbons (Fsp3) is 0.818. The number of aliphatic hydroxyl groups is 1. The van der Waals surface area contributed by atoms with Gasteiger partial charge in [0.05, 0.1) is 11.5 Å². The predicted molar refractivity (Wildman–Crippen MR) is 59.7 cm³/mol. The molecule has 0 saturated carbocycles. The summed E-state index contributed by atoms with van der Waals surface area (Å²) in [6, 6.07) is 0. The van der Waals surface area contributed by atoms with E-state index >= 15 is 0 Å². The quantitative estimate of drug-likeness (QED) is 0.502. The summed E-state index contributed by atoms with van der Waals surface area (Å²) >= 11 is 0. The van der Waals surface area contributed by atoms with Crippen LogP contribution in [-0.4, -0.2) is 47.6 Å². The topological polar surface area (TPSA) is 69.6 Å². The summed E-state index contributed by atoms with van der Waals surface area (Å²) in [6.07, 6.45) is -0.121. The van der Waals surface area contributed by atoms with Crippen LogP contribution >= 0.6 is 0 Å². The first kappa shape index (κ1) is 13.1. The number of aliphatic hydroxyl groups excluding tert-OH is 1. The van der Waals surface area contributed by atoms with Gasteiger partial charge in [0, 0.05) is 26.1 Å². The van der Waals surface area contributed by atoms with Crippen LogP contribution in [0.25, 0.3) is 0 Å². The van der Waals surface area contributed by atoms with Crippen molar-refractivity contribution < 1.29 is 14.7 Å². The second-order valence-corrected chi connectivity index (χ2v) is 4.96. The van der Waals surface area contributed by atoms with Crippen molar-refractivity contribution in [2.45, 2.75) is 33.3 Å². The Morgan fingerprint density at radius 3 is 2.56 bits per heavy atom. The van der Waals surface area contributed by atoms with Crippen LogP contribution in [0.3, 0.4) is 0 Å². The van der Waals surface area contributed by atoms with Crippen LogP contribution in [-0.2, 0) is 9.59 Å². The molecule has 0 aromatic heterocycles. The summed E-state index contributed by atoms with van der Waals surface area (Å²) < 4.78 is 0. The lowest BCUT2D eigenvalue weighted by atomic mass is 9.92. The minimum absolute atomic E-state index is 0.101. The molecule has 1 aliphatic rings. The van der Waals surface area contributed by atoms with E-state index in [-0.39, 0.29) is 11.8 Å². The lowest BCUT2D eigenvalue weighted by molar-refractivity contribution is -0.140. The van der Waals surface area contributed by atoms with E-state index in [0.29, 0.717) is 26.1 Å². The van der Waals surface area contributed by atoms with E-state index in [9.17, 15) is 9.59 Å². The molecule has 5 heteroatoms. The zero-order chi connectivity index (χ0) is 12.3. The van der Waals surface area contributed by atoms with Crippen molar-refractivity contribution in [3.63, 3.8) is 0 Å². The van der Waals surface area contributed by atoms with Gasteiger partial charge >= 0.3 is 0 Å². The molecule has 1 heterocycles. The minimum Gasteiger partial charge on any atom is -0.392 e. The van der Waals surface area contributed by atoms with Gasteiger partial charge in [-0.25, -0.2) is 0 Å². The summed E-state index contributed by atoms with van der Waals surface area (Å²) in [5.74, 6) is -0.204. The standard InChI is InChI=1S/C11H20N2O3/c1-8(14)7-12-4-5-13-9(15)6-11(2,3)10(13)16/h8,12,14H,4-7H2,1-3H3. The van der Waals surface area contributed by atoms with Gasteiger partial charge in [-0.1, -0.05) is 13.8 Å². The third kappa shape index (κ3) is 3.02. The van der Waals surface area contributed by atoms with Gasteiger partial charge in [-0.05, 0) is 6.92 Å². The summed E-state index contributed by atoms with van der Waals surface area (Å²) in [5.41, 5.74) is -0.554. The summed E-state index contributed by atoms with van der Waals surface area (Å²) in [6.45, 7) is 6.64. The molecular weight excluding hydrogens is 208 g/mol. The zero-order valence-electron chi connectivity index (χ0n) is 10.1. The van der Waals surface area contributed by atoms with Gasteiger partial charge in [-0.3, -0.25) is 14.5 Å². The van der Waals surface area contributed by atoms with Crippen molar-refractivity contribution in [2.75, 3.05) is 19.6 Å². The Hall–Kier alpha value is -0.940. The molecule has 1 atom stereocenters. The molecular formula is C11H20N2O3. The zero-order valence-corrected chi connectivity index (χ0v) is 10.1. The Labute approximate surface area is 95.8 Å². The number of amides is 2. The summed E-state index contributed by atoms with van der Waals surface area (Å²) in [7, 11) is 0. The lowest BCUT2D eigenvalue weighted by Crippen LogP contribution is -2.39. The second kappa shape index (κ2) is 4.93. The van der Waals surface area contributed by atoms with Crippen molar-refractivity contribution in [1.82, 2.24) is 10.2 Å².